The van der Waals surface area contributed by atoms with Crippen molar-refractivity contribution in [3.05, 3.63) is 70.7 Å². The summed E-state index contributed by atoms with van der Waals surface area (Å²) in [6, 6.07) is 13.8. The zero-order valence-corrected chi connectivity index (χ0v) is 17.2. The van der Waals surface area contributed by atoms with Crippen LogP contribution >= 0.6 is 11.3 Å². The molecule has 2 aliphatic rings. The van der Waals surface area contributed by atoms with Gasteiger partial charge in [-0.2, -0.15) is 0 Å². The van der Waals surface area contributed by atoms with E-state index in [0.29, 0.717) is 17.1 Å². The lowest BCUT2D eigenvalue weighted by Gasteiger charge is -2.25. The van der Waals surface area contributed by atoms with Crippen molar-refractivity contribution in [2.24, 2.45) is 4.99 Å². The molecule has 2 aromatic carbocycles. The third kappa shape index (κ3) is 3.86. The van der Waals surface area contributed by atoms with Gasteiger partial charge in [-0.25, -0.2) is 4.98 Å². The summed E-state index contributed by atoms with van der Waals surface area (Å²) in [7, 11) is 0. The molecule has 0 atom stereocenters. The highest BCUT2D eigenvalue weighted by Crippen LogP contribution is 2.35. The van der Waals surface area contributed by atoms with E-state index in [1.165, 1.54) is 11.3 Å². The summed E-state index contributed by atoms with van der Waals surface area (Å²) < 4.78 is 6.34. The molecule has 7 heteroatoms. The molecule has 0 unspecified atom stereocenters. The number of hydrogen-bond donors (Lipinski definition) is 2. The van der Waals surface area contributed by atoms with E-state index in [4.69, 9.17) is 9.73 Å². The Morgan fingerprint density at radius 2 is 2.00 bits per heavy atom. The van der Waals surface area contributed by atoms with Gasteiger partial charge in [-0.3, -0.25) is 15.1 Å². The van der Waals surface area contributed by atoms with E-state index < -0.39 is 0 Å². The predicted molar refractivity (Wildman–Crippen MR) is 119 cm³/mol. The second-order valence-corrected chi connectivity index (χ2v) is 8.30. The molecular weight excluding hydrogens is 396 g/mol. The maximum Gasteiger partial charge on any atom is 0.259 e. The van der Waals surface area contributed by atoms with Crippen LogP contribution in [0.2, 0.25) is 0 Å². The van der Waals surface area contributed by atoms with Crippen molar-refractivity contribution in [3.8, 4) is 5.75 Å². The van der Waals surface area contributed by atoms with Crippen LogP contribution < -0.4 is 15.4 Å². The van der Waals surface area contributed by atoms with Crippen LogP contribution in [0.4, 0.5) is 10.8 Å². The standard InChI is InChI=1S/C23H22N4O2S/c28-22(27-23-25-12-13-30-23)18-6-3-4-15-14-19(26-21(15)18)17-5-1-2-7-20(17)29-16-8-10-24-11-9-16/h1-7,12-13,16,24H,8-11,14H2,(H,25,27,28). The highest BCUT2D eigenvalue weighted by molar-refractivity contribution is 7.13. The van der Waals surface area contributed by atoms with Gasteiger partial charge in [0.25, 0.3) is 5.91 Å². The zero-order chi connectivity index (χ0) is 20.3. The van der Waals surface area contributed by atoms with Gasteiger partial charge >= 0.3 is 0 Å². The van der Waals surface area contributed by atoms with Gasteiger partial charge in [-0.15, -0.1) is 11.3 Å². The summed E-state index contributed by atoms with van der Waals surface area (Å²) in [5.41, 5.74) is 4.28. The molecule has 0 radical (unpaired) electrons. The Hall–Kier alpha value is -3.03. The van der Waals surface area contributed by atoms with Gasteiger partial charge in [0, 0.05) is 23.6 Å². The highest BCUT2D eigenvalue weighted by atomic mass is 32.1. The molecule has 30 heavy (non-hydrogen) atoms. The van der Waals surface area contributed by atoms with E-state index in [1.807, 2.05) is 41.8 Å². The van der Waals surface area contributed by atoms with Crippen molar-refractivity contribution in [1.82, 2.24) is 10.3 Å². The lowest BCUT2D eigenvalue weighted by atomic mass is 10.0. The number of ether oxygens (including phenoxy) is 1. The number of piperidine rings is 1. The van der Waals surface area contributed by atoms with Crippen molar-refractivity contribution >= 4 is 33.8 Å². The molecule has 152 valence electrons. The molecule has 6 nitrogen and oxygen atoms in total. The number of anilines is 1. The van der Waals surface area contributed by atoms with Gasteiger partial charge in [0.1, 0.15) is 11.9 Å². The molecule has 0 saturated carbocycles. The van der Waals surface area contributed by atoms with E-state index in [9.17, 15) is 4.79 Å². The second-order valence-electron chi connectivity index (χ2n) is 7.40. The van der Waals surface area contributed by atoms with Gasteiger partial charge in [0.2, 0.25) is 0 Å². The summed E-state index contributed by atoms with van der Waals surface area (Å²) in [5, 5.41) is 8.64. The number of carbonyl (C=O) groups is 1. The molecule has 3 heterocycles. The first-order chi connectivity index (χ1) is 14.8. The van der Waals surface area contributed by atoms with Crippen LogP contribution in [-0.4, -0.2) is 35.8 Å². The van der Waals surface area contributed by atoms with Crippen molar-refractivity contribution in [3.63, 3.8) is 0 Å². The first-order valence-electron chi connectivity index (χ1n) is 10.1. The maximum atomic E-state index is 12.8. The minimum Gasteiger partial charge on any atom is -0.490 e. The lowest BCUT2D eigenvalue weighted by Crippen LogP contribution is -2.34. The lowest BCUT2D eigenvalue weighted by molar-refractivity contribution is 0.102. The number of carbonyl (C=O) groups excluding carboxylic acids is 1. The third-order valence-electron chi connectivity index (χ3n) is 5.40. The number of fused-ring (bicyclic) bond motifs is 1. The predicted octanol–water partition coefficient (Wildman–Crippen LogP) is 4.20. The van der Waals surface area contributed by atoms with E-state index in [0.717, 1.165) is 54.2 Å². The van der Waals surface area contributed by atoms with E-state index >= 15 is 0 Å². The number of nitrogens with one attached hydrogen (secondary N) is 2. The highest BCUT2D eigenvalue weighted by Gasteiger charge is 2.25. The summed E-state index contributed by atoms with van der Waals surface area (Å²) in [5.74, 6) is 0.677. The average molecular weight is 419 g/mol. The summed E-state index contributed by atoms with van der Waals surface area (Å²) >= 11 is 1.40. The molecule has 5 rings (SSSR count). The first-order valence-corrected chi connectivity index (χ1v) is 11.0. The van der Waals surface area contributed by atoms with E-state index in [1.54, 1.807) is 6.20 Å². The molecule has 1 fully saturated rings. The normalized spacial score (nSPS) is 16.1. The number of amides is 1. The number of aromatic nitrogens is 1. The van der Waals surface area contributed by atoms with Crippen molar-refractivity contribution in [2.45, 2.75) is 25.4 Å². The Kier molecular flexibility index (Phi) is 5.29. The van der Waals surface area contributed by atoms with Gasteiger partial charge in [0.05, 0.1) is 17.0 Å². The smallest absolute Gasteiger partial charge is 0.259 e. The summed E-state index contributed by atoms with van der Waals surface area (Å²) in [6.45, 7) is 1.97. The van der Waals surface area contributed by atoms with Gasteiger partial charge in [-0.05, 0) is 49.7 Å². The number of thiazole rings is 1. The average Bonchev–Trinajstić information content (AvgIpc) is 3.44. The number of para-hydroxylation sites is 2. The van der Waals surface area contributed by atoms with Gasteiger partial charge < -0.3 is 10.1 Å². The van der Waals surface area contributed by atoms with Crippen molar-refractivity contribution < 1.29 is 9.53 Å². The Balaban J connectivity index is 1.43. The Labute approximate surface area is 179 Å². The minimum absolute atomic E-state index is 0.189. The van der Waals surface area contributed by atoms with Crippen LogP contribution in [0.1, 0.15) is 34.3 Å². The fourth-order valence-corrected chi connectivity index (χ4v) is 4.43. The van der Waals surface area contributed by atoms with Crippen molar-refractivity contribution in [2.75, 3.05) is 18.4 Å². The Morgan fingerprint density at radius 3 is 2.83 bits per heavy atom. The SMILES string of the molecule is O=C(Nc1nccs1)c1cccc2c1N=C(c1ccccc1OC1CCNCC1)C2. The van der Waals surface area contributed by atoms with Gasteiger partial charge in [0.15, 0.2) is 5.13 Å². The van der Waals surface area contributed by atoms with Crippen LogP contribution in [-0.2, 0) is 6.42 Å². The minimum atomic E-state index is -0.189. The third-order valence-corrected chi connectivity index (χ3v) is 6.09. The first kappa shape index (κ1) is 19.0. The summed E-state index contributed by atoms with van der Waals surface area (Å²) in [4.78, 5) is 21.8. The summed E-state index contributed by atoms with van der Waals surface area (Å²) in [6.07, 6.45) is 4.58. The molecular formula is C23H22N4O2S. The fourth-order valence-electron chi connectivity index (χ4n) is 3.91. The van der Waals surface area contributed by atoms with E-state index in [-0.39, 0.29) is 12.0 Å². The molecule has 2 N–H and O–H groups in total. The molecule has 0 aliphatic carbocycles. The molecule has 1 saturated heterocycles. The topological polar surface area (TPSA) is 75.6 Å². The molecule has 1 amide bonds. The number of nitrogens with zero attached hydrogens (tertiary/aromatic N) is 2. The number of aliphatic imine (C=N–C) groups is 1. The van der Waals surface area contributed by atoms with Crippen molar-refractivity contribution in [1.29, 1.82) is 0 Å². The Bertz CT molecular complexity index is 1090. The fraction of sp³-hybridized carbons (Fsp3) is 0.261. The number of benzene rings is 2. The van der Waals surface area contributed by atoms with Crippen LogP contribution in [0.5, 0.6) is 5.75 Å². The second kappa shape index (κ2) is 8.38. The van der Waals surface area contributed by atoms with Crippen LogP contribution in [0, 0.1) is 0 Å². The molecule has 1 aromatic heterocycles. The maximum absolute atomic E-state index is 12.8. The van der Waals surface area contributed by atoms with Crippen LogP contribution in [0.3, 0.4) is 0 Å². The van der Waals surface area contributed by atoms with Crippen LogP contribution in [0.25, 0.3) is 0 Å². The zero-order valence-electron chi connectivity index (χ0n) is 16.4. The quantitative estimate of drug-likeness (QED) is 0.651. The molecule has 2 aliphatic heterocycles. The Morgan fingerprint density at radius 1 is 1.13 bits per heavy atom. The van der Waals surface area contributed by atoms with E-state index in [2.05, 4.69) is 21.7 Å². The largest absolute Gasteiger partial charge is 0.490 e. The molecule has 3 aromatic rings. The molecule has 0 bridgehead atoms. The molecule has 0 spiro atoms. The monoisotopic (exact) mass is 418 g/mol. The van der Waals surface area contributed by atoms with Crippen LogP contribution in [0.15, 0.2) is 59.0 Å². The number of rotatable bonds is 5. The van der Waals surface area contributed by atoms with Gasteiger partial charge in [-0.1, -0.05) is 24.3 Å². The number of hydrogen-bond acceptors (Lipinski definition) is 6.